The minimum Gasteiger partial charge on any atom is -0.458 e. The Kier molecular flexibility index (Phi) is 7.10. The second-order valence-electron chi connectivity index (χ2n) is 12.1. The van der Waals surface area contributed by atoms with Gasteiger partial charge in [-0.1, -0.05) is 59.5 Å². The van der Waals surface area contributed by atoms with Gasteiger partial charge in [-0.15, -0.1) is 0 Å². The third-order valence-corrected chi connectivity index (χ3v) is 9.86. The Labute approximate surface area is 213 Å². The molecule has 4 aliphatic carbocycles. The fourth-order valence-corrected chi connectivity index (χ4v) is 7.91. The SMILES string of the molecule is CCCCCCCC(=O)O[C@@]12C[C@@H](C)[C@@]3(O)[C@H]([C@@H]1C2(C)C)[C@@H](OO)C(CO)=C[C@]1(O)C(=O)C(C)=C[C@@H]31. The highest BCUT2D eigenvalue weighted by molar-refractivity contribution is 6.06. The standard InChI is InChI=1S/C28H42O8/c1-6-7-8-9-10-11-20(30)35-27-13-17(3)28(33)19-12-16(2)24(31)26(19,32)14-18(15-29)22(36-34)21(28)23(27)25(27,4)5/h12,14,17,19,21-23,29,32-34H,6-11,13,15H2,1-5H3/t17-,19-,21+,22+,23-,26-,27+,28+/m1/s1. The van der Waals surface area contributed by atoms with Gasteiger partial charge in [0.1, 0.15) is 11.7 Å². The Balaban J connectivity index is 1.71. The summed E-state index contributed by atoms with van der Waals surface area (Å²) in [6.07, 6.45) is 7.39. The van der Waals surface area contributed by atoms with Crippen molar-refractivity contribution in [1.82, 2.24) is 0 Å². The lowest BCUT2D eigenvalue weighted by Gasteiger charge is -2.51. The summed E-state index contributed by atoms with van der Waals surface area (Å²) in [5.41, 5.74) is -4.72. The Hall–Kier alpha value is -1.58. The molecule has 2 saturated carbocycles. The number of rotatable bonds is 9. The molecule has 0 unspecified atom stereocenters. The van der Waals surface area contributed by atoms with Crippen LogP contribution in [0, 0.1) is 29.1 Å². The van der Waals surface area contributed by atoms with Gasteiger partial charge in [-0.25, -0.2) is 4.89 Å². The van der Waals surface area contributed by atoms with Crippen molar-refractivity contribution in [2.24, 2.45) is 29.1 Å². The first kappa shape index (κ1) is 27.5. The molecular weight excluding hydrogens is 464 g/mol. The van der Waals surface area contributed by atoms with Crippen LogP contribution in [0.15, 0.2) is 23.3 Å². The number of ketones is 1. The van der Waals surface area contributed by atoms with Gasteiger partial charge in [-0.2, -0.15) is 0 Å². The van der Waals surface area contributed by atoms with E-state index in [0.29, 0.717) is 18.4 Å². The molecule has 4 aliphatic rings. The van der Waals surface area contributed by atoms with Crippen LogP contribution < -0.4 is 0 Å². The molecule has 0 aromatic carbocycles. The number of carbonyl (C=O) groups excluding carboxylic acids is 2. The summed E-state index contributed by atoms with van der Waals surface area (Å²) in [4.78, 5) is 30.9. The van der Waals surface area contributed by atoms with Crippen LogP contribution in [0.5, 0.6) is 0 Å². The van der Waals surface area contributed by atoms with E-state index in [2.05, 4.69) is 6.92 Å². The van der Waals surface area contributed by atoms with Crippen LogP contribution in [-0.2, 0) is 19.2 Å². The Morgan fingerprint density at radius 3 is 2.44 bits per heavy atom. The van der Waals surface area contributed by atoms with E-state index in [-0.39, 0.29) is 11.5 Å². The third kappa shape index (κ3) is 3.67. The van der Waals surface area contributed by atoms with E-state index in [1.165, 1.54) is 6.08 Å². The van der Waals surface area contributed by atoms with Gasteiger partial charge in [0.05, 0.1) is 12.2 Å². The minimum absolute atomic E-state index is 0.121. The lowest BCUT2D eigenvalue weighted by atomic mass is 9.59. The van der Waals surface area contributed by atoms with E-state index < -0.39 is 64.4 Å². The Morgan fingerprint density at radius 1 is 1.17 bits per heavy atom. The molecule has 8 atom stereocenters. The summed E-state index contributed by atoms with van der Waals surface area (Å²) in [7, 11) is 0. The summed E-state index contributed by atoms with van der Waals surface area (Å²) >= 11 is 0. The van der Waals surface area contributed by atoms with Gasteiger partial charge in [0.25, 0.3) is 0 Å². The number of unbranched alkanes of at least 4 members (excludes halogenated alkanes) is 4. The minimum atomic E-state index is -2.06. The molecule has 0 aromatic heterocycles. The lowest BCUT2D eigenvalue weighted by molar-refractivity contribution is -0.307. The molecular formula is C28H42O8. The van der Waals surface area contributed by atoms with E-state index in [1.54, 1.807) is 13.0 Å². The van der Waals surface area contributed by atoms with Gasteiger partial charge in [0.2, 0.25) is 0 Å². The average molecular weight is 507 g/mol. The van der Waals surface area contributed by atoms with E-state index >= 15 is 0 Å². The van der Waals surface area contributed by atoms with E-state index in [0.717, 1.165) is 32.1 Å². The summed E-state index contributed by atoms with van der Waals surface area (Å²) < 4.78 is 6.21. The van der Waals surface area contributed by atoms with Crippen molar-refractivity contribution >= 4 is 11.8 Å². The quantitative estimate of drug-likeness (QED) is 0.123. The maximum Gasteiger partial charge on any atom is 0.306 e. The van der Waals surface area contributed by atoms with Gasteiger partial charge in [0, 0.05) is 29.6 Å². The van der Waals surface area contributed by atoms with Crippen LogP contribution in [-0.4, -0.2) is 61.8 Å². The largest absolute Gasteiger partial charge is 0.458 e. The predicted molar refractivity (Wildman–Crippen MR) is 132 cm³/mol. The maximum absolute atomic E-state index is 13.1. The van der Waals surface area contributed by atoms with Crippen molar-refractivity contribution in [3.8, 4) is 0 Å². The molecule has 0 amide bonds. The Morgan fingerprint density at radius 2 is 1.83 bits per heavy atom. The van der Waals surface area contributed by atoms with Crippen LogP contribution in [0.3, 0.4) is 0 Å². The zero-order chi connectivity index (χ0) is 26.7. The normalized spacial score (nSPS) is 42.5. The van der Waals surface area contributed by atoms with Crippen molar-refractivity contribution in [1.29, 1.82) is 0 Å². The Bertz CT molecular complexity index is 969. The number of aliphatic hydroxyl groups is 3. The van der Waals surface area contributed by atoms with E-state index in [9.17, 15) is 30.2 Å². The summed E-state index contributed by atoms with van der Waals surface area (Å²) in [5, 5.41) is 44.2. The van der Waals surface area contributed by atoms with Gasteiger partial charge in [-0.05, 0) is 42.9 Å². The van der Waals surface area contributed by atoms with Gasteiger partial charge >= 0.3 is 5.97 Å². The number of ether oxygens (including phenoxy) is 1. The molecule has 8 heteroatoms. The molecule has 202 valence electrons. The molecule has 0 spiro atoms. The zero-order valence-electron chi connectivity index (χ0n) is 22.1. The van der Waals surface area contributed by atoms with E-state index in [4.69, 9.17) is 9.62 Å². The van der Waals surface area contributed by atoms with Crippen LogP contribution in [0.1, 0.15) is 79.6 Å². The molecule has 0 saturated heterocycles. The van der Waals surface area contributed by atoms with Crippen molar-refractivity contribution in [2.75, 3.05) is 6.61 Å². The number of carbonyl (C=O) groups is 2. The van der Waals surface area contributed by atoms with Crippen molar-refractivity contribution in [3.63, 3.8) is 0 Å². The first-order valence-corrected chi connectivity index (χ1v) is 13.4. The van der Waals surface area contributed by atoms with Crippen molar-refractivity contribution in [3.05, 3.63) is 23.3 Å². The average Bonchev–Trinajstić information content (AvgIpc) is 3.21. The van der Waals surface area contributed by atoms with Crippen LogP contribution in [0.25, 0.3) is 0 Å². The molecule has 8 nitrogen and oxygen atoms in total. The van der Waals surface area contributed by atoms with Gasteiger partial charge in [-0.3, -0.25) is 14.8 Å². The second kappa shape index (κ2) is 9.31. The molecule has 0 heterocycles. The highest BCUT2D eigenvalue weighted by atomic mass is 17.1. The maximum atomic E-state index is 13.1. The van der Waals surface area contributed by atoms with E-state index in [1.807, 2.05) is 20.8 Å². The van der Waals surface area contributed by atoms with Gasteiger partial charge < -0.3 is 20.1 Å². The van der Waals surface area contributed by atoms with Gasteiger partial charge in [0.15, 0.2) is 11.4 Å². The highest BCUT2D eigenvalue weighted by Crippen LogP contribution is 2.77. The third-order valence-electron chi connectivity index (χ3n) is 9.86. The fraction of sp³-hybridized carbons (Fsp3) is 0.786. The molecule has 2 fully saturated rings. The molecule has 0 radical (unpaired) electrons. The van der Waals surface area contributed by atoms with Crippen LogP contribution in [0.4, 0.5) is 0 Å². The summed E-state index contributed by atoms with van der Waals surface area (Å²) in [6, 6.07) is 0. The molecule has 0 aromatic rings. The number of esters is 1. The molecule has 4 N–H and O–H groups in total. The number of aliphatic hydroxyl groups excluding tert-OH is 1. The highest BCUT2D eigenvalue weighted by Gasteiger charge is 2.84. The number of hydrogen-bond donors (Lipinski definition) is 4. The number of Topliss-reactive ketones (excluding diaryl/α,β-unsaturated/α-hetero) is 1. The second-order valence-corrected chi connectivity index (χ2v) is 12.1. The molecule has 36 heavy (non-hydrogen) atoms. The lowest BCUT2D eigenvalue weighted by Crippen LogP contribution is -2.63. The molecule has 4 rings (SSSR count). The fourth-order valence-electron chi connectivity index (χ4n) is 7.91. The summed E-state index contributed by atoms with van der Waals surface area (Å²) in [5.74, 6) is -3.61. The zero-order valence-corrected chi connectivity index (χ0v) is 22.1. The predicted octanol–water partition coefficient (Wildman–Crippen LogP) is 3.34. The monoisotopic (exact) mass is 506 g/mol. The molecule has 0 bridgehead atoms. The van der Waals surface area contributed by atoms with Crippen molar-refractivity contribution < 1.29 is 39.8 Å². The summed E-state index contributed by atoms with van der Waals surface area (Å²) in [6.45, 7) is 8.93. The smallest absolute Gasteiger partial charge is 0.306 e. The van der Waals surface area contributed by atoms with Crippen LogP contribution >= 0.6 is 0 Å². The first-order valence-electron chi connectivity index (χ1n) is 13.4. The van der Waals surface area contributed by atoms with Crippen LogP contribution in [0.2, 0.25) is 0 Å². The number of fused-ring (bicyclic) bond motifs is 5. The van der Waals surface area contributed by atoms with Crippen molar-refractivity contribution in [2.45, 2.75) is 102 Å². The number of hydrogen-bond acceptors (Lipinski definition) is 8. The molecule has 0 aliphatic heterocycles. The topological polar surface area (TPSA) is 134 Å². The first-order chi connectivity index (χ1) is 16.9.